The summed E-state index contributed by atoms with van der Waals surface area (Å²) in [4.78, 5) is 16.6. The van der Waals surface area contributed by atoms with Crippen LogP contribution < -0.4 is 0 Å². The van der Waals surface area contributed by atoms with Gasteiger partial charge in [-0.15, -0.1) is 35.9 Å². The van der Waals surface area contributed by atoms with Crippen LogP contribution in [-0.2, 0) is 24.9 Å². The SMILES string of the molecule is CC1(C)CCC2CCC(C)(C)C(O)=C2C1=O.[Ir].[c-]1ccccc1-c1ccccn1. The summed E-state index contributed by atoms with van der Waals surface area (Å²) in [6.07, 6.45) is 5.83. The molecule has 1 atom stereocenters. The van der Waals surface area contributed by atoms with E-state index in [2.05, 4.69) is 11.1 Å². The van der Waals surface area contributed by atoms with E-state index in [0.29, 0.717) is 11.7 Å². The standard InChI is InChI=1S/C14H22O2.C11H8N.Ir/c1-13(2)7-5-9-6-8-14(3,4)12(16)10(9)11(13)15;1-2-6-10(7-3-1)11-8-4-5-9-12-11;/h9,15H,5-8H2,1-4H3;1-6,8-9H;/q;-1;. The number of carbonyl (C=O) groups is 1. The van der Waals surface area contributed by atoms with Gasteiger partial charge < -0.3 is 10.1 Å². The van der Waals surface area contributed by atoms with E-state index >= 15 is 0 Å². The number of carbonyl (C=O) groups excluding carboxylic acids is 1. The summed E-state index contributed by atoms with van der Waals surface area (Å²) in [5.41, 5.74) is 2.26. The fourth-order valence-electron chi connectivity index (χ4n) is 4.03. The Morgan fingerprint density at radius 1 is 1.00 bits per heavy atom. The molecule has 3 nitrogen and oxygen atoms in total. The largest absolute Gasteiger partial charge is 0.511 e. The molecular weight excluding hydrogens is 538 g/mol. The summed E-state index contributed by atoms with van der Waals surface area (Å²) in [6.45, 7) is 8.04. The zero-order valence-electron chi connectivity index (χ0n) is 17.7. The second-order valence-corrected chi connectivity index (χ2v) is 9.12. The molecule has 1 radical (unpaired) electrons. The van der Waals surface area contributed by atoms with Gasteiger partial charge >= 0.3 is 0 Å². The van der Waals surface area contributed by atoms with Crippen molar-refractivity contribution in [3.63, 3.8) is 0 Å². The summed E-state index contributed by atoms with van der Waals surface area (Å²) >= 11 is 0. The Bertz CT molecular complexity index is 819. The van der Waals surface area contributed by atoms with Crippen LogP contribution in [0.25, 0.3) is 11.3 Å². The van der Waals surface area contributed by atoms with E-state index in [0.717, 1.165) is 42.5 Å². The van der Waals surface area contributed by atoms with Crippen LogP contribution in [0.1, 0.15) is 53.4 Å². The minimum Gasteiger partial charge on any atom is -0.511 e. The number of nitrogens with zero attached hydrogens (tertiary/aromatic N) is 1. The summed E-state index contributed by atoms with van der Waals surface area (Å²) in [6, 6.07) is 16.8. The predicted molar refractivity (Wildman–Crippen MR) is 113 cm³/mol. The molecule has 0 bridgehead atoms. The van der Waals surface area contributed by atoms with Crippen LogP contribution >= 0.6 is 0 Å². The molecule has 0 amide bonds. The average molecular weight is 569 g/mol. The van der Waals surface area contributed by atoms with Crippen LogP contribution in [0, 0.1) is 22.8 Å². The van der Waals surface area contributed by atoms with Gasteiger partial charge in [0.25, 0.3) is 0 Å². The molecule has 1 heterocycles. The molecule has 4 heteroatoms. The van der Waals surface area contributed by atoms with Gasteiger partial charge in [0.1, 0.15) is 5.76 Å². The van der Waals surface area contributed by atoms with Crippen molar-refractivity contribution >= 4 is 5.78 Å². The molecule has 4 rings (SSSR count). The van der Waals surface area contributed by atoms with Gasteiger partial charge in [-0.2, -0.15) is 0 Å². The molecule has 0 aliphatic heterocycles. The van der Waals surface area contributed by atoms with Gasteiger partial charge in [-0.3, -0.25) is 4.79 Å². The number of aliphatic hydroxyl groups is 1. The Kier molecular flexibility index (Phi) is 7.59. The van der Waals surface area contributed by atoms with E-state index in [1.54, 1.807) is 6.20 Å². The van der Waals surface area contributed by atoms with Gasteiger partial charge in [0, 0.05) is 42.7 Å². The minimum atomic E-state index is -0.284. The van der Waals surface area contributed by atoms with Crippen LogP contribution in [0.3, 0.4) is 0 Å². The van der Waals surface area contributed by atoms with E-state index in [1.807, 2.05) is 70.2 Å². The Hall–Kier alpha value is -1.77. The molecule has 2 aromatic rings. The number of pyridine rings is 1. The maximum atomic E-state index is 12.4. The van der Waals surface area contributed by atoms with Crippen molar-refractivity contribution in [2.75, 3.05) is 0 Å². The van der Waals surface area contributed by atoms with Crippen molar-refractivity contribution < 1.29 is 30.0 Å². The van der Waals surface area contributed by atoms with E-state index in [-0.39, 0.29) is 36.7 Å². The maximum Gasteiger partial charge on any atom is 0.168 e. The zero-order chi connectivity index (χ0) is 20.4. The number of benzene rings is 1. The molecule has 0 saturated heterocycles. The second kappa shape index (κ2) is 9.36. The van der Waals surface area contributed by atoms with Gasteiger partial charge in [-0.25, -0.2) is 0 Å². The molecule has 1 N–H and O–H groups in total. The second-order valence-electron chi connectivity index (χ2n) is 9.12. The van der Waals surface area contributed by atoms with Gasteiger partial charge in [-0.1, -0.05) is 39.8 Å². The Morgan fingerprint density at radius 2 is 1.66 bits per heavy atom. The molecule has 2 aliphatic carbocycles. The first-order valence-electron chi connectivity index (χ1n) is 10.1. The number of rotatable bonds is 1. The summed E-state index contributed by atoms with van der Waals surface area (Å²) in [7, 11) is 0. The molecule has 1 aromatic heterocycles. The van der Waals surface area contributed by atoms with Gasteiger partial charge in [0.05, 0.1) is 0 Å². The van der Waals surface area contributed by atoms with E-state index < -0.39 is 0 Å². The van der Waals surface area contributed by atoms with Gasteiger partial charge in [-0.05, 0) is 43.4 Å². The van der Waals surface area contributed by atoms with Crippen LogP contribution in [-0.4, -0.2) is 15.9 Å². The molecule has 1 unspecified atom stereocenters. The third kappa shape index (κ3) is 5.24. The molecular formula is C25H30IrNO2-. The number of hydrogen-bond acceptors (Lipinski definition) is 3. The molecule has 1 fully saturated rings. The Labute approximate surface area is 188 Å². The van der Waals surface area contributed by atoms with Crippen LogP contribution in [0.15, 0.2) is 60.0 Å². The average Bonchev–Trinajstić information content (AvgIpc) is 2.70. The molecule has 157 valence electrons. The van der Waals surface area contributed by atoms with Crippen LogP contribution in [0.4, 0.5) is 0 Å². The molecule has 2 aliphatic rings. The summed E-state index contributed by atoms with van der Waals surface area (Å²) in [5.74, 6) is 0.851. The zero-order valence-corrected chi connectivity index (χ0v) is 20.1. The number of hydrogen-bond donors (Lipinski definition) is 1. The maximum absolute atomic E-state index is 12.4. The smallest absolute Gasteiger partial charge is 0.168 e. The number of aliphatic hydroxyl groups excluding tert-OH is 1. The molecule has 0 spiro atoms. The first-order valence-corrected chi connectivity index (χ1v) is 10.1. The monoisotopic (exact) mass is 569 g/mol. The fourth-order valence-corrected chi connectivity index (χ4v) is 4.03. The van der Waals surface area contributed by atoms with Gasteiger partial charge in [0.15, 0.2) is 5.78 Å². The van der Waals surface area contributed by atoms with Crippen LogP contribution in [0.5, 0.6) is 0 Å². The molecule has 1 saturated carbocycles. The minimum absolute atomic E-state index is 0. The van der Waals surface area contributed by atoms with E-state index in [4.69, 9.17) is 0 Å². The van der Waals surface area contributed by atoms with E-state index in [1.165, 1.54) is 0 Å². The van der Waals surface area contributed by atoms with Gasteiger partial charge in [0.2, 0.25) is 0 Å². The third-order valence-electron chi connectivity index (χ3n) is 6.05. The summed E-state index contributed by atoms with van der Waals surface area (Å²) < 4.78 is 0. The van der Waals surface area contributed by atoms with Crippen molar-refractivity contribution in [2.45, 2.75) is 53.4 Å². The topological polar surface area (TPSA) is 50.2 Å². The molecule has 1 aromatic carbocycles. The number of Topliss-reactive ketones (excluding diaryl/α,β-unsaturated/α-hetero) is 1. The first kappa shape index (κ1) is 23.5. The van der Waals surface area contributed by atoms with Crippen molar-refractivity contribution in [1.82, 2.24) is 4.98 Å². The number of ketones is 1. The van der Waals surface area contributed by atoms with Crippen LogP contribution in [0.2, 0.25) is 0 Å². The number of allylic oxidation sites excluding steroid dienone is 2. The van der Waals surface area contributed by atoms with Crippen molar-refractivity contribution in [2.24, 2.45) is 16.7 Å². The normalized spacial score (nSPS) is 21.9. The van der Waals surface area contributed by atoms with E-state index in [9.17, 15) is 9.90 Å². The third-order valence-corrected chi connectivity index (χ3v) is 6.05. The predicted octanol–water partition coefficient (Wildman–Crippen LogP) is 6.17. The van der Waals surface area contributed by atoms with Crippen molar-refractivity contribution in [3.8, 4) is 11.3 Å². The number of fused-ring (bicyclic) bond motifs is 1. The Balaban J connectivity index is 0.000000207. The fraction of sp³-hybridized carbons (Fsp3) is 0.440. The molecule has 29 heavy (non-hydrogen) atoms. The van der Waals surface area contributed by atoms with Crippen molar-refractivity contribution in [3.05, 3.63) is 66.1 Å². The summed E-state index contributed by atoms with van der Waals surface area (Å²) in [5, 5.41) is 10.3. The number of aromatic nitrogens is 1. The Morgan fingerprint density at radius 3 is 2.24 bits per heavy atom. The quantitative estimate of drug-likeness (QED) is 0.419. The van der Waals surface area contributed by atoms with Crippen molar-refractivity contribution in [1.29, 1.82) is 0 Å². The first-order chi connectivity index (χ1) is 13.2.